The van der Waals surface area contributed by atoms with Crippen molar-refractivity contribution in [3.05, 3.63) is 29.3 Å². The highest BCUT2D eigenvalue weighted by Crippen LogP contribution is 2.30. The molecule has 1 aromatic rings. The zero-order chi connectivity index (χ0) is 18.0. The van der Waals surface area contributed by atoms with Crippen molar-refractivity contribution in [1.29, 1.82) is 0 Å². The molecule has 0 aromatic heterocycles. The van der Waals surface area contributed by atoms with Gasteiger partial charge in [-0.15, -0.1) is 0 Å². The van der Waals surface area contributed by atoms with Crippen molar-refractivity contribution in [2.24, 2.45) is 0 Å². The molecule has 0 saturated carbocycles. The molecule has 3 rings (SSSR count). The number of nitrogen functional groups attached to an aromatic ring is 1. The van der Waals surface area contributed by atoms with Gasteiger partial charge in [-0.3, -0.25) is 29.4 Å². The summed E-state index contributed by atoms with van der Waals surface area (Å²) in [5.41, 5.74) is 4.22. The summed E-state index contributed by atoms with van der Waals surface area (Å²) in [5, 5.41) is 1.90. The molecular weight excluding hydrogens is 262 g/mol. The maximum absolute atomic E-state index is 12.6. The fourth-order valence-electron chi connectivity index (χ4n) is 2.18. The number of anilines is 1. The summed E-state index contributed by atoms with van der Waals surface area (Å²) < 4.78 is 31.3. The van der Waals surface area contributed by atoms with Crippen molar-refractivity contribution < 1.29 is 24.7 Å². The minimum absolute atomic E-state index is 0.237. The molecule has 1 aromatic carbocycles. The van der Waals surface area contributed by atoms with Crippen LogP contribution in [-0.4, -0.2) is 34.5 Å². The lowest BCUT2D eigenvalue weighted by atomic mass is 10.0. The number of carbonyl (C=O) groups is 4. The largest absolute Gasteiger partial charge is 0.398 e. The Bertz CT molecular complexity index is 809. The second-order valence-corrected chi connectivity index (χ2v) is 4.31. The van der Waals surface area contributed by atoms with Crippen LogP contribution in [-0.2, 0) is 9.59 Å². The number of imide groups is 2. The van der Waals surface area contributed by atoms with E-state index >= 15 is 0 Å². The van der Waals surface area contributed by atoms with Gasteiger partial charge in [-0.1, -0.05) is 6.04 Å². The van der Waals surface area contributed by atoms with Gasteiger partial charge in [0.25, 0.3) is 11.8 Å². The van der Waals surface area contributed by atoms with E-state index in [0.29, 0.717) is 4.90 Å². The average molecular weight is 277 g/mol. The number of fused-ring (bicyclic) bond motifs is 1. The van der Waals surface area contributed by atoms with Crippen LogP contribution in [0.2, 0.25) is 0 Å². The van der Waals surface area contributed by atoms with E-state index in [-0.39, 0.29) is 6.42 Å². The highest BCUT2D eigenvalue weighted by atomic mass is 16.2. The molecule has 1 fully saturated rings. The maximum atomic E-state index is 12.6. The predicted molar refractivity (Wildman–Crippen MR) is 67.5 cm³/mol. The summed E-state index contributed by atoms with van der Waals surface area (Å²) in [6.07, 6.45) is -0.628. The van der Waals surface area contributed by atoms with Gasteiger partial charge >= 0.3 is 0 Å². The van der Waals surface area contributed by atoms with Gasteiger partial charge in [-0.25, -0.2) is 0 Å². The molecule has 1 saturated heterocycles. The third-order valence-electron chi connectivity index (χ3n) is 3.11. The molecule has 1 atom stereocenters. The van der Waals surface area contributed by atoms with Crippen molar-refractivity contribution in [2.45, 2.75) is 18.9 Å². The topological polar surface area (TPSA) is 110 Å². The number of amides is 4. The zero-order valence-electron chi connectivity index (χ0n) is 14.1. The quantitative estimate of drug-likeness (QED) is 0.539. The highest BCUT2D eigenvalue weighted by molar-refractivity contribution is 6.25. The van der Waals surface area contributed by atoms with Crippen LogP contribution >= 0.6 is 0 Å². The predicted octanol–water partition coefficient (Wildman–Crippen LogP) is -0.330. The number of benzene rings is 1. The molecule has 1 unspecified atom stereocenters. The number of hydrogen-bond acceptors (Lipinski definition) is 5. The van der Waals surface area contributed by atoms with E-state index in [1.54, 1.807) is 0 Å². The Morgan fingerprint density at radius 3 is 2.75 bits per heavy atom. The van der Waals surface area contributed by atoms with Gasteiger partial charge in [0.05, 0.1) is 16.6 Å². The van der Waals surface area contributed by atoms with E-state index in [4.69, 9.17) is 11.2 Å². The number of carbonyl (C=O) groups excluding carboxylic acids is 4. The zero-order valence-corrected chi connectivity index (χ0v) is 10.1. The molecule has 2 aliphatic heterocycles. The SMILES string of the molecule is [2H]c1c([2H])c(N)c2c(c1[2H])C(=O)N(C1([2H])CCC(=O)NC1=O)C2=O. The molecule has 4 amide bonds. The standard InChI is InChI=1S/C13H11N3O4/c14-7-3-1-2-6-10(7)13(20)16(12(6)19)8-4-5-9(17)15-11(8)18/h1-3,8H,4-5,14H2,(H,15,17,18)/i1D,2D,3D,8D. The minimum Gasteiger partial charge on any atom is -0.398 e. The van der Waals surface area contributed by atoms with Crippen LogP contribution in [0.1, 0.15) is 39.0 Å². The minimum atomic E-state index is -2.36. The summed E-state index contributed by atoms with van der Waals surface area (Å²) in [5.74, 6) is -3.95. The number of rotatable bonds is 1. The molecule has 0 spiro atoms. The van der Waals surface area contributed by atoms with Crippen molar-refractivity contribution in [1.82, 2.24) is 10.2 Å². The molecule has 7 heteroatoms. The van der Waals surface area contributed by atoms with E-state index in [1.807, 2.05) is 5.32 Å². The fraction of sp³-hybridized carbons (Fsp3) is 0.231. The van der Waals surface area contributed by atoms with Gasteiger partial charge in [-0.05, 0) is 18.5 Å². The number of hydrogen-bond donors (Lipinski definition) is 2. The number of nitrogens with zero attached hydrogens (tertiary/aromatic N) is 1. The van der Waals surface area contributed by atoms with Crippen LogP contribution in [0.15, 0.2) is 18.1 Å². The first-order valence-electron chi connectivity index (χ1n) is 7.73. The lowest BCUT2D eigenvalue weighted by Gasteiger charge is -2.27. The van der Waals surface area contributed by atoms with Crippen molar-refractivity contribution in [3.63, 3.8) is 0 Å². The summed E-state index contributed by atoms with van der Waals surface area (Å²) in [4.78, 5) is 48.8. The van der Waals surface area contributed by atoms with Gasteiger partial charge < -0.3 is 5.73 Å². The number of nitrogens with one attached hydrogen (secondary N) is 1. The molecule has 2 aliphatic rings. The van der Waals surface area contributed by atoms with E-state index in [0.717, 1.165) is 0 Å². The van der Waals surface area contributed by atoms with Gasteiger partial charge in [0.15, 0.2) is 0 Å². The average Bonchev–Trinajstić information content (AvgIpc) is 2.79. The fourth-order valence-corrected chi connectivity index (χ4v) is 2.18. The third kappa shape index (κ3) is 1.59. The Labute approximate surface area is 119 Å². The first-order chi connectivity index (χ1) is 11.1. The maximum Gasteiger partial charge on any atom is 0.264 e. The molecular formula is C13H11N3O4. The van der Waals surface area contributed by atoms with E-state index < -0.39 is 71.0 Å². The molecule has 0 radical (unpaired) electrons. The van der Waals surface area contributed by atoms with Gasteiger partial charge in [0.2, 0.25) is 11.8 Å². The molecule has 2 heterocycles. The number of piperidine rings is 1. The monoisotopic (exact) mass is 277 g/mol. The summed E-state index contributed by atoms with van der Waals surface area (Å²) in [7, 11) is 0. The van der Waals surface area contributed by atoms with Crippen LogP contribution in [0.3, 0.4) is 0 Å². The third-order valence-corrected chi connectivity index (χ3v) is 3.11. The first-order valence-corrected chi connectivity index (χ1v) is 5.73. The van der Waals surface area contributed by atoms with Crippen LogP contribution in [0.5, 0.6) is 0 Å². The normalized spacial score (nSPS) is 28.5. The van der Waals surface area contributed by atoms with Gasteiger partial charge in [0.1, 0.15) is 6.02 Å². The van der Waals surface area contributed by atoms with E-state index in [2.05, 4.69) is 0 Å². The Balaban J connectivity index is 2.18. The Morgan fingerprint density at radius 2 is 2.05 bits per heavy atom. The highest BCUT2D eigenvalue weighted by Gasteiger charge is 2.45. The molecule has 20 heavy (non-hydrogen) atoms. The second kappa shape index (κ2) is 4.16. The Kier molecular flexibility index (Phi) is 1.76. The second-order valence-electron chi connectivity index (χ2n) is 4.31. The van der Waals surface area contributed by atoms with Crippen molar-refractivity contribution in [3.8, 4) is 0 Å². The molecule has 0 bridgehead atoms. The Morgan fingerprint density at radius 1 is 1.30 bits per heavy atom. The van der Waals surface area contributed by atoms with Crippen molar-refractivity contribution in [2.75, 3.05) is 5.73 Å². The smallest absolute Gasteiger partial charge is 0.264 e. The summed E-state index contributed by atoms with van der Waals surface area (Å²) >= 11 is 0. The van der Waals surface area contributed by atoms with E-state index in [9.17, 15) is 19.2 Å². The van der Waals surface area contributed by atoms with Crippen molar-refractivity contribution >= 4 is 29.3 Å². The van der Waals surface area contributed by atoms with Crippen LogP contribution in [0.4, 0.5) is 5.69 Å². The lowest BCUT2D eigenvalue weighted by Crippen LogP contribution is -2.54. The van der Waals surface area contributed by atoms with Gasteiger partial charge in [-0.2, -0.15) is 0 Å². The Hall–Kier alpha value is -2.70. The van der Waals surface area contributed by atoms with Crippen LogP contribution < -0.4 is 11.1 Å². The summed E-state index contributed by atoms with van der Waals surface area (Å²) in [6.45, 7) is 0. The van der Waals surface area contributed by atoms with E-state index in [1.165, 1.54) is 0 Å². The number of nitrogens with two attached hydrogens (primary N) is 1. The molecule has 3 N–H and O–H groups in total. The lowest BCUT2D eigenvalue weighted by molar-refractivity contribution is -0.136. The van der Waals surface area contributed by atoms with Crippen LogP contribution in [0, 0.1) is 0 Å². The van der Waals surface area contributed by atoms with Gasteiger partial charge in [0, 0.05) is 12.1 Å². The molecule has 7 nitrogen and oxygen atoms in total. The van der Waals surface area contributed by atoms with Crippen LogP contribution in [0.25, 0.3) is 0 Å². The summed E-state index contributed by atoms with van der Waals surface area (Å²) in [6, 6.07) is -4.23. The first kappa shape index (κ1) is 8.47. The molecule has 0 aliphatic carbocycles. The molecule has 102 valence electrons.